The van der Waals surface area contributed by atoms with Gasteiger partial charge in [-0.25, -0.2) is 0 Å². The Kier molecular flexibility index (Phi) is 6.08. The van der Waals surface area contributed by atoms with E-state index in [0.29, 0.717) is 24.5 Å². The maximum atomic E-state index is 12.7. The Hall–Kier alpha value is -2.86. The average Bonchev–Trinajstić information content (AvgIpc) is 3.11. The van der Waals surface area contributed by atoms with Gasteiger partial charge in [-0.15, -0.1) is 0 Å². The molecule has 1 aliphatic heterocycles. The lowest BCUT2D eigenvalue weighted by atomic mass is 10.2. The normalized spacial score (nSPS) is 12.8. The predicted molar refractivity (Wildman–Crippen MR) is 106 cm³/mol. The number of anilines is 2. The number of fused-ring (bicyclic) bond motifs is 1. The maximum absolute atomic E-state index is 12.7. The number of carbonyl (C=O) groups excluding carboxylic acids is 2. The highest BCUT2D eigenvalue weighted by atomic mass is 16.5. The molecule has 2 aromatic rings. The lowest BCUT2D eigenvalue weighted by Gasteiger charge is -2.23. The van der Waals surface area contributed by atoms with E-state index in [4.69, 9.17) is 4.74 Å². The molecule has 6 nitrogen and oxygen atoms in total. The van der Waals surface area contributed by atoms with E-state index < -0.39 is 0 Å². The number of ether oxygens (including phenoxy) is 1. The minimum Gasteiger partial charge on any atom is -0.497 e. The molecule has 2 aromatic carbocycles. The molecular weight excluding hydrogens is 342 g/mol. The van der Waals surface area contributed by atoms with Crippen LogP contribution in [0.3, 0.4) is 0 Å². The van der Waals surface area contributed by atoms with Crippen molar-refractivity contribution in [2.24, 2.45) is 0 Å². The number of likely N-dealkylation sites (N-methyl/N-ethyl adjacent to an activating group) is 1. The van der Waals surface area contributed by atoms with Crippen molar-refractivity contribution in [2.45, 2.75) is 13.3 Å². The molecule has 1 heterocycles. The van der Waals surface area contributed by atoms with Crippen molar-refractivity contribution >= 4 is 23.2 Å². The number of amides is 2. The summed E-state index contributed by atoms with van der Waals surface area (Å²) in [4.78, 5) is 28.8. The summed E-state index contributed by atoms with van der Waals surface area (Å²) in [6.45, 7) is 3.65. The van der Waals surface area contributed by atoms with Crippen LogP contribution < -0.4 is 15.0 Å². The van der Waals surface area contributed by atoms with Crippen LogP contribution in [-0.4, -0.2) is 50.0 Å². The van der Waals surface area contributed by atoms with E-state index in [1.165, 1.54) is 5.56 Å². The van der Waals surface area contributed by atoms with Crippen LogP contribution in [0, 0.1) is 0 Å². The van der Waals surface area contributed by atoms with Crippen LogP contribution in [0.25, 0.3) is 0 Å². The number of nitrogens with one attached hydrogen (secondary N) is 1. The Balaban J connectivity index is 1.57. The third-order valence-electron chi connectivity index (χ3n) is 4.72. The smallest absolute Gasteiger partial charge is 0.241 e. The van der Waals surface area contributed by atoms with E-state index in [-0.39, 0.29) is 24.9 Å². The molecule has 6 heteroatoms. The Bertz CT molecular complexity index is 822. The van der Waals surface area contributed by atoms with Gasteiger partial charge in [-0.2, -0.15) is 0 Å². The zero-order valence-electron chi connectivity index (χ0n) is 15.8. The molecule has 0 spiro atoms. The number of methoxy groups -OCH3 is 1. The minimum atomic E-state index is -0.153. The Morgan fingerprint density at radius 2 is 1.96 bits per heavy atom. The minimum absolute atomic E-state index is 0.0241. The number of hydrogen-bond acceptors (Lipinski definition) is 4. The summed E-state index contributed by atoms with van der Waals surface area (Å²) < 4.78 is 5.17. The number of hydrogen-bond donors (Lipinski definition) is 1. The zero-order chi connectivity index (χ0) is 19.2. The molecule has 1 aliphatic rings. The van der Waals surface area contributed by atoms with Crippen LogP contribution in [-0.2, 0) is 16.0 Å². The van der Waals surface area contributed by atoms with Gasteiger partial charge < -0.3 is 15.0 Å². The second-order valence-electron chi connectivity index (χ2n) is 6.51. The molecule has 142 valence electrons. The third-order valence-corrected chi connectivity index (χ3v) is 4.72. The van der Waals surface area contributed by atoms with Crippen molar-refractivity contribution in [2.75, 3.05) is 43.5 Å². The van der Waals surface area contributed by atoms with Crippen LogP contribution >= 0.6 is 0 Å². The van der Waals surface area contributed by atoms with E-state index >= 15 is 0 Å². The van der Waals surface area contributed by atoms with Gasteiger partial charge in [0.15, 0.2) is 0 Å². The monoisotopic (exact) mass is 367 g/mol. The summed E-state index contributed by atoms with van der Waals surface area (Å²) >= 11 is 0. The van der Waals surface area contributed by atoms with Crippen LogP contribution in [0.5, 0.6) is 5.75 Å². The average molecular weight is 367 g/mol. The number of carbonyl (C=O) groups is 2. The van der Waals surface area contributed by atoms with Gasteiger partial charge in [0, 0.05) is 24.0 Å². The summed E-state index contributed by atoms with van der Waals surface area (Å²) in [7, 11) is 1.59. The molecule has 0 aromatic heterocycles. The molecule has 0 saturated heterocycles. The molecule has 27 heavy (non-hydrogen) atoms. The first-order valence-electron chi connectivity index (χ1n) is 9.15. The van der Waals surface area contributed by atoms with Crippen molar-refractivity contribution in [3.63, 3.8) is 0 Å². The van der Waals surface area contributed by atoms with Crippen LogP contribution in [0.4, 0.5) is 11.4 Å². The third kappa shape index (κ3) is 4.65. The van der Waals surface area contributed by atoms with Gasteiger partial charge >= 0.3 is 0 Å². The second kappa shape index (κ2) is 8.68. The fraction of sp³-hybridized carbons (Fsp3) is 0.333. The molecule has 0 atom stereocenters. The zero-order valence-corrected chi connectivity index (χ0v) is 15.8. The van der Waals surface area contributed by atoms with Crippen molar-refractivity contribution in [1.29, 1.82) is 0 Å². The van der Waals surface area contributed by atoms with Crippen LogP contribution in [0.1, 0.15) is 12.5 Å². The summed E-state index contributed by atoms with van der Waals surface area (Å²) in [5, 5.41) is 2.85. The van der Waals surface area contributed by atoms with E-state index in [1.54, 1.807) is 13.2 Å². The molecule has 0 bridgehead atoms. The van der Waals surface area contributed by atoms with Crippen molar-refractivity contribution in [3.8, 4) is 5.75 Å². The van der Waals surface area contributed by atoms with Crippen LogP contribution in [0.15, 0.2) is 48.5 Å². The van der Waals surface area contributed by atoms with Gasteiger partial charge in [-0.05, 0) is 36.7 Å². The Labute approximate surface area is 159 Å². The molecule has 1 N–H and O–H groups in total. The summed E-state index contributed by atoms with van der Waals surface area (Å²) in [6, 6.07) is 15.2. The van der Waals surface area contributed by atoms with Gasteiger partial charge in [0.25, 0.3) is 0 Å². The van der Waals surface area contributed by atoms with Gasteiger partial charge in [0.2, 0.25) is 11.8 Å². The van der Waals surface area contributed by atoms with Gasteiger partial charge in [-0.1, -0.05) is 31.2 Å². The first kappa shape index (κ1) is 18.9. The fourth-order valence-corrected chi connectivity index (χ4v) is 3.26. The molecule has 2 amide bonds. The standard InChI is InChI=1S/C21H25N3O3/c1-3-23(14-20(25)22-17-8-6-9-18(13-17)27-2)15-21(26)24-12-11-16-7-4-5-10-19(16)24/h4-10,13H,3,11-12,14-15H2,1-2H3,(H,22,25). The summed E-state index contributed by atoms with van der Waals surface area (Å²) in [5.41, 5.74) is 2.86. The lowest BCUT2D eigenvalue weighted by molar-refractivity contribution is -0.121. The largest absolute Gasteiger partial charge is 0.497 e. The molecule has 0 aliphatic carbocycles. The first-order valence-corrected chi connectivity index (χ1v) is 9.15. The SMILES string of the molecule is CCN(CC(=O)Nc1cccc(OC)c1)CC(=O)N1CCc2ccccc21. The molecule has 0 radical (unpaired) electrons. The number of nitrogens with zero attached hydrogens (tertiary/aromatic N) is 2. The van der Waals surface area contributed by atoms with Crippen molar-refractivity contribution in [1.82, 2.24) is 4.90 Å². The van der Waals surface area contributed by atoms with Crippen molar-refractivity contribution in [3.05, 3.63) is 54.1 Å². The van der Waals surface area contributed by atoms with Gasteiger partial charge in [0.1, 0.15) is 5.75 Å². The quantitative estimate of drug-likeness (QED) is 0.817. The summed E-state index contributed by atoms with van der Waals surface area (Å²) in [6.07, 6.45) is 0.879. The molecule has 0 fully saturated rings. The van der Waals surface area contributed by atoms with E-state index in [1.807, 2.05) is 53.1 Å². The topological polar surface area (TPSA) is 61.9 Å². The predicted octanol–water partition coefficient (Wildman–Crippen LogP) is 2.54. The first-order chi connectivity index (χ1) is 13.1. The molecule has 3 rings (SSSR count). The lowest BCUT2D eigenvalue weighted by Crippen LogP contribution is -2.42. The Morgan fingerprint density at radius 3 is 2.74 bits per heavy atom. The highest BCUT2D eigenvalue weighted by Gasteiger charge is 2.25. The highest BCUT2D eigenvalue weighted by molar-refractivity contribution is 5.97. The molecule has 0 saturated carbocycles. The number of rotatable bonds is 7. The maximum Gasteiger partial charge on any atom is 0.241 e. The van der Waals surface area contributed by atoms with E-state index in [2.05, 4.69) is 11.4 Å². The van der Waals surface area contributed by atoms with Crippen LogP contribution in [0.2, 0.25) is 0 Å². The van der Waals surface area contributed by atoms with E-state index in [9.17, 15) is 9.59 Å². The van der Waals surface area contributed by atoms with Gasteiger partial charge in [-0.3, -0.25) is 14.5 Å². The summed E-state index contributed by atoms with van der Waals surface area (Å²) in [5.74, 6) is 0.554. The Morgan fingerprint density at radius 1 is 1.15 bits per heavy atom. The fourth-order valence-electron chi connectivity index (χ4n) is 3.26. The number of benzene rings is 2. The number of para-hydroxylation sites is 1. The highest BCUT2D eigenvalue weighted by Crippen LogP contribution is 2.27. The molecular formula is C21H25N3O3. The van der Waals surface area contributed by atoms with Gasteiger partial charge in [0.05, 0.1) is 20.2 Å². The second-order valence-corrected chi connectivity index (χ2v) is 6.51. The van der Waals surface area contributed by atoms with E-state index in [0.717, 1.165) is 12.1 Å². The van der Waals surface area contributed by atoms with Crippen molar-refractivity contribution < 1.29 is 14.3 Å². The molecule has 0 unspecified atom stereocenters.